The zero-order valence-corrected chi connectivity index (χ0v) is 12.7. The largest absolute Gasteiger partial charge is 0.433 e. The highest BCUT2D eigenvalue weighted by Crippen LogP contribution is 2.25. The molecule has 0 aromatic heterocycles. The van der Waals surface area contributed by atoms with E-state index in [0.29, 0.717) is 0 Å². The third kappa shape index (κ3) is 4.88. The fourth-order valence-corrected chi connectivity index (χ4v) is 1.62. The van der Waals surface area contributed by atoms with Crippen molar-refractivity contribution in [2.75, 3.05) is 11.9 Å². The molecule has 0 saturated carbocycles. The van der Waals surface area contributed by atoms with Crippen LogP contribution in [-0.4, -0.2) is 24.6 Å². The summed E-state index contributed by atoms with van der Waals surface area (Å²) in [7, 11) is 0. The van der Waals surface area contributed by atoms with Crippen molar-refractivity contribution in [1.82, 2.24) is 5.32 Å². The van der Waals surface area contributed by atoms with Crippen LogP contribution >= 0.6 is 0 Å². The Morgan fingerprint density at radius 2 is 2.05 bits per heavy atom. The topological polar surface area (TPSA) is 74.2 Å². The summed E-state index contributed by atoms with van der Waals surface area (Å²) in [5, 5.41) is 14.5. The van der Waals surface area contributed by atoms with Crippen molar-refractivity contribution in [3.8, 4) is 11.8 Å². The number of hydrogen-bond donors (Lipinski definition) is 2. The van der Waals surface area contributed by atoms with Crippen LogP contribution in [-0.2, 0) is 4.79 Å². The molecule has 2 N–H and O–H groups in total. The number of alkyl halides is 2. The number of nitrogens with one attached hydrogen (secondary N) is 2. The number of carbonyl (C=O) groups excluding carboxylic acids is 1. The molecule has 5 nitrogen and oxygen atoms in total. The van der Waals surface area contributed by atoms with Gasteiger partial charge in [0.15, 0.2) is 0 Å². The summed E-state index contributed by atoms with van der Waals surface area (Å²) in [6.45, 7) is 2.17. The van der Waals surface area contributed by atoms with Gasteiger partial charge in [0.05, 0.1) is 18.3 Å². The van der Waals surface area contributed by atoms with Crippen molar-refractivity contribution in [3.05, 3.63) is 24.3 Å². The zero-order chi connectivity index (χ0) is 16.8. The van der Waals surface area contributed by atoms with E-state index in [2.05, 4.69) is 21.4 Å². The summed E-state index contributed by atoms with van der Waals surface area (Å²) in [6, 6.07) is 8.14. The first-order valence-corrected chi connectivity index (χ1v) is 6.78. The van der Waals surface area contributed by atoms with Crippen LogP contribution in [0.5, 0.6) is 5.75 Å². The molecule has 1 aromatic rings. The van der Waals surface area contributed by atoms with Crippen LogP contribution < -0.4 is 15.4 Å². The SMILES string of the molecule is CC(C)C(C)(C#N)NC(=O)CNc1ccccc1OC(F)F. The van der Waals surface area contributed by atoms with Crippen LogP contribution in [0.3, 0.4) is 0 Å². The van der Waals surface area contributed by atoms with Gasteiger partial charge in [-0.1, -0.05) is 26.0 Å². The van der Waals surface area contributed by atoms with Gasteiger partial charge in [0.2, 0.25) is 5.91 Å². The van der Waals surface area contributed by atoms with Gasteiger partial charge in [0.1, 0.15) is 11.3 Å². The van der Waals surface area contributed by atoms with Crippen LogP contribution in [0, 0.1) is 17.2 Å². The minimum atomic E-state index is -2.94. The summed E-state index contributed by atoms with van der Waals surface area (Å²) in [6.07, 6.45) is 0. The molecule has 0 bridgehead atoms. The predicted octanol–water partition coefficient (Wildman–Crippen LogP) is 2.75. The minimum Gasteiger partial charge on any atom is -0.433 e. The monoisotopic (exact) mass is 311 g/mol. The molecule has 1 amide bonds. The number of amides is 1. The number of carbonyl (C=O) groups is 1. The second-order valence-corrected chi connectivity index (χ2v) is 5.25. The highest BCUT2D eigenvalue weighted by molar-refractivity contribution is 5.82. The lowest BCUT2D eigenvalue weighted by atomic mass is 9.90. The number of anilines is 1. The number of nitriles is 1. The van der Waals surface area contributed by atoms with Gasteiger partial charge in [0.25, 0.3) is 0 Å². The third-order valence-electron chi connectivity index (χ3n) is 3.33. The first-order chi connectivity index (χ1) is 10.3. The lowest BCUT2D eigenvalue weighted by molar-refractivity contribution is -0.121. The highest BCUT2D eigenvalue weighted by atomic mass is 19.3. The van der Waals surface area contributed by atoms with E-state index in [9.17, 15) is 13.6 Å². The Labute approximate surface area is 128 Å². The molecule has 0 aliphatic heterocycles. The molecule has 0 spiro atoms. The first-order valence-electron chi connectivity index (χ1n) is 6.78. The molecule has 120 valence electrons. The summed E-state index contributed by atoms with van der Waals surface area (Å²) in [5.41, 5.74) is -0.709. The molecule has 0 aliphatic rings. The van der Waals surface area contributed by atoms with E-state index >= 15 is 0 Å². The highest BCUT2D eigenvalue weighted by Gasteiger charge is 2.29. The van der Waals surface area contributed by atoms with E-state index < -0.39 is 18.1 Å². The van der Waals surface area contributed by atoms with E-state index in [1.807, 2.05) is 13.8 Å². The van der Waals surface area contributed by atoms with Crippen molar-refractivity contribution in [1.29, 1.82) is 5.26 Å². The number of para-hydroxylation sites is 2. The van der Waals surface area contributed by atoms with Crippen molar-refractivity contribution in [2.45, 2.75) is 32.9 Å². The molecule has 1 aromatic carbocycles. The van der Waals surface area contributed by atoms with Crippen LogP contribution in [0.1, 0.15) is 20.8 Å². The second-order valence-electron chi connectivity index (χ2n) is 5.25. The van der Waals surface area contributed by atoms with Gasteiger partial charge in [-0.05, 0) is 25.0 Å². The Kier molecular flexibility index (Phi) is 6.11. The fraction of sp³-hybridized carbons (Fsp3) is 0.467. The Bertz CT molecular complexity index is 558. The van der Waals surface area contributed by atoms with Crippen LogP contribution in [0.2, 0.25) is 0 Å². The summed E-state index contributed by atoms with van der Waals surface area (Å²) in [4.78, 5) is 11.9. The number of benzene rings is 1. The quantitative estimate of drug-likeness (QED) is 0.812. The molecule has 22 heavy (non-hydrogen) atoms. The molecule has 1 atom stereocenters. The fourth-order valence-electron chi connectivity index (χ4n) is 1.62. The lowest BCUT2D eigenvalue weighted by Crippen LogP contribution is -2.50. The molecule has 0 fully saturated rings. The van der Waals surface area contributed by atoms with Crippen molar-refractivity contribution < 1.29 is 18.3 Å². The summed E-state index contributed by atoms with van der Waals surface area (Å²) >= 11 is 0. The maximum Gasteiger partial charge on any atom is 0.387 e. The van der Waals surface area contributed by atoms with E-state index in [4.69, 9.17) is 5.26 Å². The van der Waals surface area contributed by atoms with Gasteiger partial charge in [-0.15, -0.1) is 0 Å². The number of halogens is 2. The van der Waals surface area contributed by atoms with Gasteiger partial charge in [-0.25, -0.2) is 0 Å². The van der Waals surface area contributed by atoms with Gasteiger partial charge >= 0.3 is 6.61 Å². The molecular formula is C15H19F2N3O2. The first kappa shape index (κ1) is 17.7. The van der Waals surface area contributed by atoms with E-state index in [1.165, 1.54) is 12.1 Å². The Balaban J connectivity index is 2.67. The van der Waals surface area contributed by atoms with Gasteiger partial charge in [0, 0.05) is 0 Å². The summed E-state index contributed by atoms with van der Waals surface area (Å²) in [5.74, 6) is -0.530. The Morgan fingerprint density at radius 3 is 2.59 bits per heavy atom. The number of hydrogen-bond acceptors (Lipinski definition) is 4. The molecular weight excluding hydrogens is 292 g/mol. The minimum absolute atomic E-state index is 0.0443. The maximum atomic E-state index is 12.3. The number of ether oxygens (including phenoxy) is 1. The summed E-state index contributed by atoms with van der Waals surface area (Å²) < 4.78 is 28.9. The Morgan fingerprint density at radius 1 is 1.41 bits per heavy atom. The molecule has 1 rings (SSSR count). The lowest BCUT2D eigenvalue weighted by Gasteiger charge is -2.27. The zero-order valence-electron chi connectivity index (χ0n) is 12.7. The average molecular weight is 311 g/mol. The maximum absolute atomic E-state index is 12.3. The number of rotatable bonds is 7. The smallest absolute Gasteiger partial charge is 0.387 e. The van der Waals surface area contributed by atoms with Gasteiger partial charge in [-0.2, -0.15) is 14.0 Å². The van der Waals surface area contributed by atoms with Crippen molar-refractivity contribution in [2.24, 2.45) is 5.92 Å². The van der Waals surface area contributed by atoms with Gasteiger partial charge < -0.3 is 15.4 Å². The molecule has 1 unspecified atom stereocenters. The van der Waals surface area contributed by atoms with Crippen molar-refractivity contribution >= 4 is 11.6 Å². The predicted molar refractivity (Wildman–Crippen MR) is 78.6 cm³/mol. The third-order valence-corrected chi connectivity index (χ3v) is 3.33. The molecule has 0 saturated heterocycles. The molecule has 0 radical (unpaired) electrons. The van der Waals surface area contributed by atoms with Gasteiger partial charge in [-0.3, -0.25) is 4.79 Å². The van der Waals surface area contributed by atoms with E-state index in [1.54, 1.807) is 19.1 Å². The second kappa shape index (κ2) is 7.59. The van der Waals surface area contributed by atoms with E-state index in [0.717, 1.165) is 0 Å². The van der Waals surface area contributed by atoms with Crippen LogP contribution in [0.25, 0.3) is 0 Å². The molecule has 0 heterocycles. The molecule has 7 heteroatoms. The van der Waals surface area contributed by atoms with Crippen LogP contribution in [0.15, 0.2) is 24.3 Å². The van der Waals surface area contributed by atoms with Crippen LogP contribution in [0.4, 0.5) is 14.5 Å². The standard InChI is InChI=1S/C15H19F2N3O2/c1-10(2)15(3,9-18)20-13(21)8-19-11-6-4-5-7-12(11)22-14(16)17/h4-7,10,14,19H,8H2,1-3H3,(H,20,21). The Hall–Kier alpha value is -2.36. The van der Waals surface area contributed by atoms with Crippen molar-refractivity contribution in [3.63, 3.8) is 0 Å². The normalized spacial score (nSPS) is 13.4. The van der Waals surface area contributed by atoms with E-state index in [-0.39, 0.29) is 23.9 Å². The number of nitrogens with zero attached hydrogens (tertiary/aromatic N) is 1. The average Bonchev–Trinajstić information content (AvgIpc) is 2.45. The molecule has 0 aliphatic carbocycles.